The molecule has 1 atom stereocenters. The van der Waals surface area contributed by atoms with Crippen molar-refractivity contribution in [3.8, 4) is 5.75 Å². The Morgan fingerprint density at radius 3 is 2.38 bits per heavy atom. The van der Waals surface area contributed by atoms with E-state index < -0.39 is 0 Å². The molecule has 0 unspecified atom stereocenters. The summed E-state index contributed by atoms with van der Waals surface area (Å²) in [6.45, 7) is 4.75. The monoisotopic (exact) mass is 364 g/mol. The van der Waals surface area contributed by atoms with E-state index in [1.54, 1.807) is 6.07 Å². The SMILES string of the molecule is CN1CCN([C@H](COc2cccc(Cl)c2Cl)c2ccccc2)CC1. The van der Waals surface area contributed by atoms with Gasteiger partial charge in [0.2, 0.25) is 0 Å². The van der Waals surface area contributed by atoms with Gasteiger partial charge in [0.25, 0.3) is 0 Å². The molecule has 1 aliphatic rings. The summed E-state index contributed by atoms with van der Waals surface area (Å²) < 4.78 is 6.04. The van der Waals surface area contributed by atoms with Crippen molar-refractivity contribution in [2.75, 3.05) is 39.8 Å². The second kappa shape index (κ2) is 8.21. The van der Waals surface area contributed by atoms with Gasteiger partial charge in [-0.3, -0.25) is 4.90 Å². The molecule has 0 saturated carbocycles. The Morgan fingerprint density at radius 1 is 0.958 bits per heavy atom. The van der Waals surface area contributed by atoms with Crippen molar-refractivity contribution >= 4 is 23.2 Å². The average molecular weight is 365 g/mol. The predicted octanol–water partition coefficient (Wildman–Crippen LogP) is 4.36. The van der Waals surface area contributed by atoms with Gasteiger partial charge < -0.3 is 9.64 Å². The van der Waals surface area contributed by atoms with Crippen molar-refractivity contribution in [1.29, 1.82) is 0 Å². The second-order valence-electron chi connectivity index (χ2n) is 6.13. The molecule has 128 valence electrons. The van der Waals surface area contributed by atoms with E-state index in [-0.39, 0.29) is 6.04 Å². The van der Waals surface area contributed by atoms with Crippen molar-refractivity contribution in [1.82, 2.24) is 9.80 Å². The van der Waals surface area contributed by atoms with Crippen molar-refractivity contribution in [3.63, 3.8) is 0 Å². The Labute approximate surface area is 153 Å². The number of piperazine rings is 1. The van der Waals surface area contributed by atoms with Crippen LogP contribution in [0.4, 0.5) is 0 Å². The Balaban J connectivity index is 1.76. The smallest absolute Gasteiger partial charge is 0.139 e. The Morgan fingerprint density at radius 2 is 1.67 bits per heavy atom. The summed E-state index contributed by atoms with van der Waals surface area (Å²) in [5.74, 6) is 0.638. The summed E-state index contributed by atoms with van der Waals surface area (Å²) in [4.78, 5) is 4.83. The van der Waals surface area contributed by atoms with E-state index in [0.717, 1.165) is 26.2 Å². The third-order valence-electron chi connectivity index (χ3n) is 4.48. The molecule has 1 aliphatic heterocycles. The maximum atomic E-state index is 6.25. The number of hydrogen-bond acceptors (Lipinski definition) is 3. The van der Waals surface area contributed by atoms with Crippen LogP contribution in [0.2, 0.25) is 10.0 Å². The first kappa shape index (κ1) is 17.6. The van der Waals surface area contributed by atoms with Gasteiger partial charge in [-0.1, -0.05) is 59.6 Å². The van der Waals surface area contributed by atoms with Gasteiger partial charge in [0.1, 0.15) is 17.4 Å². The third-order valence-corrected chi connectivity index (χ3v) is 5.28. The minimum atomic E-state index is 0.204. The van der Waals surface area contributed by atoms with E-state index in [4.69, 9.17) is 27.9 Å². The molecule has 0 radical (unpaired) electrons. The number of likely N-dealkylation sites (N-methyl/N-ethyl adjacent to an activating group) is 1. The number of ether oxygens (including phenoxy) is 1. The van der Waals surface area contributed by atoms with Gasteiger partial charge in [-0.05, 0) is 24.7 Å². The minimum absolute atomic E-state index is 0.204. The zero-order valence-electron chi connectivity index (χ0n) is 13.8. The van der Waals surface area contributed by atoms with E-state index in [9.17, 15) is 0 Å². The van der Waals surface area contributed by atoms with Crippen molar-refractivity contribution in [2.45, 2.75) is 6.04 Å². The number of hydrogen-bond donors (Lipinski definition) is 0. The molecule has 1 fully saturated rings. The van der Waals surface area contributed by atoms with Crippen LogP contribution in [-0.4, -0.2) is 49.6 Å². The molecule has 5 heteroatoms. The zero-order valence-corrected chi connectivity index (χ0v) is 15.3. The summed E-state index contributed by atoms with van der Waals surface area (Å²) in [6.07, 6.45) is 0. The van der Waals surface area contributed by atoms with Crippen LogP contribution in [0, 0.1) is 0 Å². The zero-order chi connectivity index (χ0) is 16.9. The van der Waals surface area contributed by atoms with Crippen LogP contribution in [0.5, 0.6) is 5.75 Å². The van der Waals surface area contributed by atoms with Gasteiger partial charge >= 0.3 is 0 Å². The van der Waals surface area contributed by atoms with Gasteiger partial charge in [-0.15, -0.1) is 0 Å². The third kappa shape index (κ3) is 4.22. The van der Waals surface area contributed by atoms with Crippen LogP contribution < -0.4 is 4.74 Å². The maximum Gasteiger partial charge on any atom is 0.139 e. The van der Waals surface area contributed by atoms with Crippen molar-refractivity contribution < 1.29 is 4.74 Å². The van der Waals surface area contributed by atoms with E-state index in [2.05, 4.69) is 41.1 Å². The van der Waals surface area contributed by atoms with Gasteiger partial charge in [0.15, 0.2) is 0 Å². The van der Waals surface area contributed by atoms with Crippen LogP contribution in [0.1, 0.15) is 11.6 Å². The average Bonchev–Trinajstić information content (AvgIpc) is 2.61. The lowest BCUT2D eigenvalue weighted by molar-refractivity contribution is 0.0816. The van der Waals surface area contributed by atoms with Crippen LogP contribution in [-0.2, 0) is 0 Å². The molecular weight excluding hydrogens is 343 g/mol. The topological polar surface area (TPSA) is 15.7 Å². The highest BCUT2D eigenvalue weighted by atomic mass is 35.5. The molecule has 3 rings (SSSR count). The van der Waals surface area contributed by atoms with Crippen molar-refractivity contribution in [3.05, 3.63) is 64.1 Å². The Bertz CT molecular complexity index is 658. The second-order valence-corrected chi connectivity index (χ2v) is 6.91. The predicted molar refractivity (Wildman–Crippen MR) is 100 cm³/mol. The summed E-state index contributed by atoms with van der Waals surface area (Å²) in [6, 6.07) is 16.2. The first-order valence-corrected chi connectivity index (χ1v) is 8.95. The van der Waals surface area contributed by atoms with Crippen LogP contribution >= 0.6 is 23.2 Å². The quantitative estimate of drug-likeness (QED) is 0.783. The Hall–Kier alpha value is -1.26. The molecule has 1 heterocycles. The number of halogens is 2. The van der Waals surface area contributed by atoms with Gasteiger partial charge in [0, 0.05) is 26.2 Å². The lowest BCUT2D eigenvalue weighted by Crippen LogP contribution is -2.47. The van der Waals surface area contributed by atoms with Crippen molar-refractivity contribution in [2.24, 2.45) is 0 Å². The molecule has 2 aromatic carbocycles. The molecule has 3 nitrogen and oxygen atoms in total. The molecule has 0 N–H and O–H groups in total. The van der Waals surface area contributed by atoms with Gasteiger partial charge in [-0.25, -0.2) is 0 Å². The molecular formula is C19H22Cl2N2O. The first-order chi connectivity index (χ1) is 11.6. The minimum Gasteiger partial charge on any atom is -0.490 e. The van der Waals surface area contributed by atoms with E-state index >= 15 is 0 Å². The van der Waals surface area contributed by atoms with E-state index in [1.165, 1.54) is 5.56 Å². The Kier molecular flexibility index (Phi) is 6.01. The highest BCUT2D eigenvalue weighted by Gasteiger charge is 2.24. The lowest BCUT2D eigenvalue weighted by Gasteiger charge is -2.38. The van der Waals surface area contributed by atoms with Crippen LogP contribution in [0.25, 0.3) is 0 Å². The molecule has 24 heavy (non-hydrogen) atoms. The molecule has 0 aliphatic carbocycles. The van der Waals surface area contributed by atoms with E-state index in [0.29, 0.717) is 22.4 Å². The molecule has 0 bridgehead atoms. The summed E-state index contributed by atoms with van der Waals surface area (Å²) in [5, 5.41) is 0.995. The van der Waals surface area contributed by atoms with Crippen LogP contribution in [0.3, 0.4) is 0 Å². The highest BCUT2D eigenvalue weighted by Crippen LogP contribution is 2.33. The van der Waals surface area contributed by atoms with Gasteiger partial charge in [0.05, 0.1) is 11.1 Å². The molecule has 0 spiro atoms. The fourth-order valence-corrected chi connectivity index (χ4v) is 3.33. The summed E-state index contributed by atoms with van der Waals surface area (Å²) in [7, 11) is 2.16. The normalized spacial score (nSPS) is 17.6. The van der Waals surface area contributed by atoms with Gasteiger partial charge in [-0.2, -0.15) is 0 Å². The number of rotatable bonds is 5. The standard InChI is InChI=1S/C19H22Cl2N2O/c1-22-10-12-23(13-11-22)17(15-6-3-2-4-7-15)14-24-18-9-5-8-16(20)19(18)21/h2-9,17H,10-14H2,1H3/t17-/m1/s1. The fraction of sp³-hybridized carbons (Fsp3) is 0.368. The number of benzene rings is 2. The lowest BCUT2D eigenvalue weighted by atomic mass is 10.1. The molecule has 1 saturated heterocycles. The molecule has 0 aromatic heterocycles. The largest absolute Gasteiger partial charge is 0.490 e. The highest BCUT2D eigenvalue weighted by molar-refractivity contribution is 6.42. The fourth-order valence-electron chi connectivity index (χ4n) is 2.99. The molecule has 0 amide bonds. The van der Waals surface area contributed by atoms with Crippen LogP contribution in [0.15, 0.2) is 48.5 Å². The maximum absolute atomic E-state index is 6.25. The first-order valence-electron chi connectivity index (χ1n) is 8.19. The number of nitrogens with zero attached hydrogens (tertiary/aromatic N) is 2. The van der Waals surface area contributed by atoms with E-state index in [1.807, 2.05) is 18.2 Å². The molecule has 2 aromatic rings. The summed E-state index contributed by atoms with van der Waals surface area (Å²) >= 11 is 12.3. The summed E-state index contributed by atoms with van der Waals surface area (Å²) in [5.41, 5.74) is 1.26.